The van der Waals surface area contributed by atoms with Crippen molar-refractivity contribution < 1.29 is 24.2 Å². The molecule has 5 nitrogen and oxygen atoms in total. The van der Waals surface area contributed by atoms with Gasteiger partial charge in [0.25, 0.3) is 0 Å². The molecule has 6 heteroatoms. The van der Waals surface area contributed by atoms with Gasteiger partial charge in [0, 0.05) is 18.1 Å². The average Bonchev–Trinajstić information content (AvgIpc) is 2.35. The number of rotatable bonds is 6. The van der Waals surface area contributed by atoms with Crippen LogP contribution in [0.1, 0.15) is 23.2 Å². The maximum absolute atomic E-state index is 11.8. The Labute approximate surface area is 109 Å². The van der Waals surface area contributed by atoms with E-state index in [1.807, 2.05) is 0 Å². The molecule has 0 radical (unpaired) electrons. The van der Waals surface area contributed by atoms with Crippen LogP contribution in [-0.4, -0.2) is 31.1 Å². The van der Waals surface area contributed by atoms with E-state index in [9.17, 15) is 9.59 Å². The number of benzene rings is 1. The zero-order chi connectivity index (χ0) is 13.7. The number of Topliss-reactive ketones (excluding diaryl/α,β-unsaturated/α-hetero) is 1. The summed E-state index contributed by atoms with van der Waals surface area (Å²) < 4.78 is 10.1. The lowest BCUT2D eigenvalue weighted by Crippen LogP contribution is -2.05. The van der Waals surface area contributed by atoms with Gasteiger partial charge in [-0.05, 0) is 6.07 Å². The van der Waals surface area contributed by atoms with Gasteiger partial charge in [-0.15, -0.1) is 0 Å². The van der Waals surface area contributed by atoms with E-state index in [0.29, 0.717) is 11.5 Å². The van der Waals surface area contributed by atoms with E-state index in [1.165, 1.54) is 26.4 Å². The maximum Gasteiger partial charge on any atom is 0.303 e. The Morgan fingerprint density at radius 3 is 2.22 bits per heavy atom. The van der Waals surface area contributed by atoms with Crippen LogP contribution in [0.2, 0.25) is 5.02 Å². The Morgan fingerprint density at radius 2 is 1.72 bits per heavy atom. The number of carboxylic acids is 1. The largest absolute Gasteiger partial charge is 0.493 e. The smallest absolute Gasteiger partial charge is 0.303 e. The molecule has 1 N–H and O–H groups in total. The molecule has 18 heavy (non-hydrogen) atoms. The van der Waals surface area contributed by atoms with E-state index in [-0.39, 0.29) is 29.2 Å². The average molecular weight is 273 g/mol. The van der Waals surface area contributed by atoms with Gasteiger partial charge in [0.1, 0.15) is 0 Å². The van der Waals surface area contributed by atoms with Gasteiger partial charge in [-0.25, -0.2) is 0 Å². The van der Waals surface area contributed by atoms with Crippen molar-refractivity contribution in [3.63, 3.8) is 0 Å². The van der Waals surface area contributed by atoms with Gasteiger partial charge in [0.05, 0.1) is 25.7 Å². The van der Waals surface area contributed by atoms with Gasteiger partial charge in [-0.2, -0.15) is 0 Å². The van der Waals surface area contributed by atoms with Crippen LogP contribution >= 0.6 is 11.6 Å². The topological polar surface area (TPSA) is 72.8 Å². The monoisotopic (exact) mass is 272 g/mol. The highest BCUT2D eigenvalue weighted by Crippen LogP contribution is 2.33. The van der Waals surface area contributed by atoms with Crippen LogP contribution in [0, 0.1) is 0 Å². The molecule has 0 atom stereocenters. The Balaban J connectivity index is 3.01. The molecular weight excluding hydrogens is 260 g/mol. The number of halogens is 1. The third-order valence-electron chi connectivity index (χ3n) is 2.34. The summed E-state index contributed by atoms with van der Waals surface area (Å²) in [5.74, 6) is -0.582. The van der Waals surface area contributed by atoms with Crippen LogP contribution in [-0.2, 0) is 4.79 Å². The van der Waals surface area contributed by atoms with E-state index < -0.39 is 5.97 Å². The van der Waals surface area contributed by atoms with E-state index in [0.717, 1.165) is 0 Å². The van der Waals surface area contributed by atoms with Crippen LogP contribution in [0.3, 0.4) is 0 Å². The number of carbonyl (C=O) groups excluding carboxylic acids is 1. The van der Waals surface area contributed by atoms with Crippen LogP contribution in [0.25, 0.3) is 0 Å². The summed E-state index contributed by atoms with van der Waals surface area (Å²) in [4.78, 5) is 22.2. The summed E-state index contributed by atoms with van der Waals surface area (Å²) in [5.41, 5.74) is 0.232. The highest BCUT2D eigenvalue weighted by molar-refractivity contribution is 6.34. The van der Waals surface area contributed by atoms with Gasteiger partial charge >= 0.3 is 5.97 Å². The van der Waals surface area contributed by atoms with Crippen molar-refractivity contribution in [2.24, 2.45) is 0 Å². The quantitative estimate of drug-likeness (QED) is 0.805. The predicted molar refractivity (Wildman–Crippen MR) is 65.8 cm³/mol. The third-order valence-corrected chi connectivity index (χ3v) is 2.65. The first-order valence-corrected chi connectivity index (χ1v) is 5.54. The van der Waals surface area contributed by atoms with Crippen LogP contribution in [0.4, 0.5) is 0 Å². The molecule has 0 amide bonds. The molecule has 98 valence electrons. The van der Waals surface area contributed by atoms with Gasteiger partial charge < -0.3 is 14.6 Å². The molecule has 0 bridgehead atoms. The summed E-state index contributed by atoms with van der Waals surface area (Å²) >= 11 is 5.94. The lowest BCUT2D eigenvalue weighted by atomic mass is 10.1. The van der Waals surface area contributed by atoms with Crippen LogP contribution in [0.15, 0.2) is 12.1 Å². The Hall–Kier alpha value is -1.75. The van der Waals surface area contributed by atoms with Crippen molar-refractivity contribution in [1.29, 1.82) is 0 Å². The molecule has 0 heterocycles. The minimum Gasteiger partial charge on any atom is -0.493 e. The van der Waals surface area contributed by atoms with Crippen LogP contribution in [0.5, 0.6) is 11.5 Å². The first kappa shape index (κ1) is 14.3. The second-order valence-electron chi connectivity index (χ2n) is 3.50. The zero-order valence-corrected chi connectivity index (χ0v) is 10.8. The van der Waals surface area contributed by atoms with Crippen LogP contribution < -0.4 is 9.47 Å². The Bertz CT molecular complexity index is 470. The highest BCUT2D eigenvalue weighted by Gasteiger charge is 2.16. The zero-order valence-electron chi connectivity index (χ0n) is 10.0. The SMILES string of the molecule is COc1cc(Cl)c(C(=O)CCC(=O)O)cc1OC. The Kier molecular flexibility index (Phi) is 4.97. The number of carboxylic acid groups (broad SMARTS) is 1. The molecule has 0 saturated heterocycles. The predicted octanol–water partition coefficient (Wildman–Crippen LogP) is 2.40. The standard InChI is InChI=1S/C12H13ClO5/c1-17-10-5-7(8(13)6-11(10)18-2)9(14)3-4-12(15)16/h5-6H,3-4H2,1-2H3,(H,15,16). The fraction of sp³-hybridized carbons (Fsp3) is 0.333. The summed E-state index contributed by atoms with van der Waals surface area (Å²) in [6.07, 6.45) is -0.339. The molecule has 1 rings (SSSR count). The summed E-state index contributed by atoms with van der Waals surface area (Å²) in [5, 5.41) is 8.74. The highest BCUT2D eigenvalue weighted by atomic mass is 35.5. The lowest BCUT2D eigenvalue weighted by Gasteiger charge is -2.10. The maximum atomic E-state index is 11.8. The minimum absolute atomic E-state index is 0.107. The van der Waals surface area contributed by atoms with Gasteiger partial charge in [0.2, 0.25) is 0 Å². The number of ketones is 1. The number of carbonyl (C=O) groups is 2. The molecular formula is C12H13ClO5. The van der Waals surface area contributed by atoms with Gasteiger partial charge in [0.15, 0.2) is 17.3 Å². The molecule has 0 aliphatic rings. The Morgan fingerprint density at radius 1 is 1.17 bits per heavy atom. The molecule has 0 aromatic heterocycles. The lowest BCUT2D eigenvalue weighted by molar-refractivity contribution is -0.136. The van der Waals surface area contributed by atoms with Crippen molar-refractivity contribution >= 4 is 23.4 Å². The van der Waals surface area contributed by atoms with Crippen molar-refractivity contribution in [3.8, 4) is 11.5 Å². The first-order valence-electron chi connectivity index (χ1n) is 5.16. The first-order chi connectivity index (χ1) is 8.49. The van der Waals surface area contributed by atoms with E-state index >= 15 is 0 Å². The summed E-state index contributed by atoms with van der Waals surface area (Å²) in [7, 11) is 2.90. The van der Waals surface area contributed by atoms with Gasteiger partial charge in [-0.1, -0.05) is 11.6 Å². The number of aliphatic carboxylic acids is 1. The van der Waals surface area contributed by atoms with Crippen molar-refractivity contribution in [1.82, 2.24) is 0 Å². The van der Waals surface area contributed by atoms with E-state index in [1.54, 1.807) is 0 Å². The molecule has 0 saturated carbocycles. The minimum atomic E-state index is -1.03. The summed E-state index contributed by atoms with van der Waals surface area (Å²) in [6, 6.07) is 2.92. The van der Waals surface area contributed by atoms with E-state index in [4.69, 9.17) is 26.2 Å². The number of ether oxygens (including phenoxy) is 2. The van der Waals surface area contributed by atoms with Crippen molar-refractivity contribution in [2.75, 3.05) is 14.2 Å². The van der Waals surface area contributed by atoms with E-state index in [2.05, 4.69) is 0 Å². The third kappa shape index (κ3) is 3.37. The number of hydrogen-bond donors (Lipinski definition) is 1. The second kappa shape index (κ2) is 6.26. The molecule has 1 aromatic carbocycles. The number of hydrogen-bond acceptors (Lipinski definition) is 4. The molecule has 0 unspecified atom stereocenters. The van der Waals surface area contributed by atoms with Gasteiger partial charge in [-0.3, -0.25) is 9.59 Å². The fourth-order valence-corrected chi connectivity index (χ4v) is 1.68. The molecule has 0 fully saturated rings. The molecule has 0 aliphatic carbocycles. The normalized spacial score (nSPS) is 9.94. The second-order valence-corrected chi connectivity index (χ2v) is 3.91. The van der Waals surface area contributed by atoms with Crippen molar-refractivity contribution in [3.05, 3.63) is 22.7 Å². The summed E-state index contributed by atoms with van der Waals surface area (Å²) in [6.45, 7) is 0. The van der Waals surface area contributed by atoms with Crippen molar-refractivity contribution in [2.45, 2.75) is 12.8 Å². The molecule has 1 aromatic rings. The molecule has 0 spiro atoms. The molecule has 0 aliphatic heterocycles. The fourth-order valence-electron chi connectivity index (χ4n) is 1.42. The number of methoxy groups -OCH3 is 2.